The summed E-state index contributed by atoms with van der Waals surface area (Å²) in [4.78, 5) is 42.6. The highest BCUT2D eigenvalue weighted by molar-refractivity contribution is 5.94. The summed E-state index contributed by atoms with van der Waals surface area (Å²) in [5.74, 6) is 0.422. The number of carbonyl (C=O) groups excluding carboxylic acids is 3. The Labute approximate surface area is 204 Å². The van der Waals surface area contributed by atoms with E-state index in [0.29, 0.717) is 17.7 Å². The molecule has 0 saturated carbocycles. The first-order valence-corrected chi connectivity index (χ1v) is 11.5. The molecule has 3 rings (SSSR count). The van der Waals surface area contributed by atoms with Gasteiger partial charge in [-0.1, -0.05) is 5.16 Å². The largest absolute Gasteiger partial charge is 0.447 e. The molecule has 11 heteroatoms. The maximum atomic E-state index is 12.3. The Bertz CT molecular complexity index is 1090. The SMILES string of the molecule is CC(=O)N1c2ccc(-c3nc(CNC(=O)OC(C)(C)C)no3)cc2[C@H](NC(=O)OC(C)C)C[C@@H]1C. The van der Waals surface area contributed by atoms with Crippen LogP contribution in [-0.2, 0) is 20.8 Å². The molecule has 0 saturated heterocycles. The van der Waals surface area contributed by atoms with Crippen LogP contribution in [0.2, 0.25) is 0 Å². The van der Waals surface area contributed by atoms with Crippen molar-refractivity contribution in [2.45, 2.75) is 85.2 Å². The number of alkyl carbamates (subject to hydrolysis) is 2. The van der Waals surface area contributed by atoms with Crippen LogP contribution in [0, 0.1) is 0 Å². The molecule has 1 aliphatic heterocycles. The van der Waals surface area contributed by atoms with E-state index in [1.165, 1.54) is 6.92 Å². The zero-order valence-electron chi connectivity index (χ0n) is 21.2. The van der Waals surface area contributed by atoms with Gasteiger partial charge in [0.25, 0.3) is 5.89 Å². The second kappa shape index (κ2) is 10.3. The maximum absolute atomic E-state index is 12.3. The number of hydrogen-bond donors (Lipinski definition) is 2. The molecule has 0 fully saturated rings. The van der Waals surface area contributed by atoms with Crippen LogP contribution in [0.15, 0.2) is 22.7 Å². The van der Waals surface area contributed by atoms with Gasteiger partial charge in [-0.3, -0.25) is 4.79 Å². The van der Waals surface area contributed by atoms with E-state index in [9.17, 15) is 14.4 Å². The molecule has 1 aliphatic rings. The van der Waals surface area contributed by atoms with Crippen molar-refractivity contribution in [1.82, 2.24) is 20.8 Å². The summed E-state index contributed by atoms with van der Waals surface area (Å²) in [6.07, 6.45) is -0.865. The van der Waals surface area contributed by atoms with E-state index in [0.717, 1.165) is 5.56 Å². The molecule has 1 aromatic carbocycles. The van der Waals surface area contributed by atoms with E-state index in [4.69, 9.17) is 14.0 Å². The van der Waals surface area contributed by atoms with Gasteiger partial charge < -0.3 is 29.5 Å². The topological polar surface area (TPSA) is 136 Å². The van der Waals surface area contributed by atoms with Crippen molar-refractivity contribution in [1.29, 1.82) is 0 Å². The number of ether oxygens (including phenoxy) is 2. The molecular formula is C24H33N5O6. The van der Waals surface area contributed by atoms with Gasteiger partial charge in [-0.2, -0.15) is 4.98 Å². The van der Waals surface area contributed by atoms with E-state index in [1.807, 2.05) is 13.0 Å². The van der Waals surface area contributed by atoms with E-state index in [-0.39, 0.29) is 42.4 Å². The average molecular weight is 488 g/mol. The Morgan fingerprint density at radius 1 is 1.23 bits per heavy atom. The van der Waals surface area contributed by atoms with Crippen LogP contribution in [0.5, 0.6) is 0 Å². The molecule has 190 valence electrons. The van der Waals surface area contributed by atoms with Gasteiger partial charge in [-0.15, -0.1) is 0 Å². The average Bonchev–Trinajstić information content (AvgIpc) is 3.19. The van der Waals surface area contributed by atoms with Gasteiger partial charge in [0.1, 0.15) is 5.60 Å². The third kappa shape index (κ3) is 6.71. The zero-order valence-corrected chi connectivity index (χ0v) is 21.2. The lowest BCUT2D eigenvalue weighted by Gasteiger charge is -2.39. The summed E-state index contributed by atoms with van der Waals surface area (Å²) in [5, 5.41) is 9.41. The van der Waals surface area contributed by atoms with Gasteiger partial charge in [-0.05, 0) is 71.7 Å². The van der Waals surface area contributed by atoms with Crippen LogP contribution in [0.4, 0.5) is 15.3 Å². The molecule has 0 unspecified atom stereocenters. The second-order valence-electron chi connectivity index (χ2n) is 9.77. The highest BCUT2D eigenvalue weighted by Gasteiger charge is 2.34. The normalized spacial score (nSPS) is 17.5. The van der Waals surface area contributed by atoms with E-state index in [2.05, 4.69) is 20.8 Å². The molecule has 1 aromatic heterocycles. The lowest BCUT2D eigenvalue weighted by molar-refractivity contribution is -0.117. The monoisotopic (exact) mass is 487 g/mol. The Kier molecular flexibility index (Phi) is 7.67. The molecule has 2 heterocycles. The number of fused-ring (bicyclic) bond motifs is 1. The van der Waals surface area contributed by atoms with Gasteiger partial charge in [0, 0.05) is 24.2 Å². The Morgan fingerprint density at radius 3 is 2.57 bits per heavy atom. The molecule has 0 radical (unpaired) electrons. The van der Waals surface area contributed by atoms with Gasteiger partial charge >= 0.3 is 12.2 Å². The first-order chi connectivity index (χ1) is 16.3. The minimum Gasteiger partial charge on any atom is -0.447 e. The van der Waals surface area contributed by atoms with Crippen molar-refractivity contribution in [3.8, 4) is 11.5 Å². The van der Waals surface area contributed by atoms with Crippen LogP contribution in [-0.4, -0.2) is 46.0 Å². The van der Waals surface area contributed by atoms with Gasteiger partial charge in [0.2, 0.25) is 5.91 Å². The molecule has 0 bridgehead atoms. The molecule has 35 heavy (non-hydrogen) atoms. The van der Waals surface area contributed by atoms with Crippen molar-refractivity contribution < 1.29 is 28.4 Å². The number of amides is 3. The van der Waals surface area contributed by atoms with Crippen LogP contribution >= 0.6 is 0 Å². The molecule has 0 spiro atoms. The number of nitrogens with one attached hydrogen (secondary N) is 2. The highest BCUT2D eigenvalue weighted by Crippen LogP contribution is 2.39. The zero-order chi connectivity index (χ0) is 25.9. The smallest absolute Gasteiger partial charge is 0.408 e. The second-order valence-corrected chi connectivity index (χ2v) is 9.77. The molecule has 2 atom stereocenters. The van der Waals surface area contributed by atoms with Gasteiger partial charge in [0.05, 0.1) is 18.7 Å². The number of aromatic nitrogens is 2. The van der Waals surface area contributed by atoms with E-state index >= 15 is 0 Å². The lowest BCUT2D eigenvalue weighted by Crippen LogP contribution is -2.45. The predicted molar refractivity (Wildman–Crippen MR) is 128 cm³/mol. The van der Waals surface area contributed by atoms with Gasteiger partial charge in [0.15, 0.2) is 5.82 Å². The lowest BCUT2D eigenvalue weighted by atomic mass is 9.90. The fourth-order valence-electron chi connectivity index (χ4n) is 3.91. The van der Waals surface area contributed by atoms with Crippen molar-refractivity contribution in [2.24, 2.45) is 0 Å². The summed E-state index contributed by atoms with van der Waals surface area (Å²) in [6, 6.07) is 4.89. The maximum Gasteiger partial charge on any atom is 0.408 e. The van der Waals surface area contributed by atoms with Crippen LogP contribution < -0.4 is 15.5 Å². The number of hydrogen-bond acceptors (Lipinski definition) is 8. The Morgan fingerprint density at radius 2 is 1.94 bits per heavy atom. The third-order valence-electron chi connectivity index (χ3n) is 5.16. The molecule has 0 aliphatic carbocycles. The minimum absolute atomic E-state index is 0.0320. The van der Waals surface area contributed by atoms with Crippen LogP contribution in [0.1, 0.15) is 72.3 Å². The molecule has 3 amide bonds. The number of anilines is 1. The molecular weight excluding hydrogens is 454 g/mol. The minimum atomic E-state index is -0.618. The Hall–Kier alpha value is -3.63. The third-order valence-corrected chi connectivity index (χ3v) is 5.16. The van der Waals surface area contributed by atoms with Crippen molar-refractivity contribution >= 4 is 23.8 Å². The quantitative estimate of drug-likeness (QED) is 0.644. The standard InChI is InChI=1S/C24H33N5O6/c1-13(2)33-23(32)26-18-10-14(3)29(15(4)30)19-9-8-16(11-17(18)19)21-27-20(28-35-21)12-25-22(31)34-24(5,6)7/h8-9,11,13-14,18H,10,12H2,1-7H3,(H,25,31)(H,26,32)/t14-,18+/m0/s1. The molecule has 11 nitrogen and oxygen atoms in total. The number of rotatable bonds is 5. The fourth-order valence-corrected chi connectivity index (χ4v) is 3.91. The summed E-state index contributed by atoms with van der Waals surface area (Å²) in [7, 11) is 0. The summed E-state index contributed by atoms with van der Waals surface area (Å²) >= 11 is 0. The number of benzene rings is 1. The fraction of sp³-hybridized carbons (Fsp3) is 0.542. The Balaban J connectivity index is 1.84. The van der Waals surface area contributed by atoms with Crippen molar-refractivity contribution in [3.63, 3.8) is 0 Å². The van der Waals surface area contributed by atoms with Crippen molar-refractivity contribution in [2.75, 3.05) is 4.90 Å². The van der Waals surface area contributed by atoms with Crippen LogP contribution in [0.25, 0.3) is 11.5 Å². The first kappa shape index (κ1) is 26.0. The molecule has 2 aromatic rings. The van der Waals surface area contributed by atoms with Crippen molar-refractivity contribution in [3.05, 3.63) is 29.6 Å². The van der Waals surface area contributed by atoms with E-state index in [1.54, 1.807) is 51.7 Å². The highest BCUT2D eigenvalue weighted by atomic mass is 16.6. The van der Waals surface area contributed by atoms with Crippen LogP contribution in [0.3, 0.4) is 0 Å². The summed E-state index contributed by atoms with van der Waals surface area (Å²) < 4.78 is 15.9. The summed E-state index contributed by atoms with van der Waals surface area (Å²) in [6.45, 7) is 12.3. The first-order valence-electron chi connectivity index (χ1n) is 11.5. The predicted octanol–water partition coefficient (Wildman–Crippen LogP) is 4.08. The number of nitrogens with zero attached hydrogens (tertiary/aromatic N) is 3. The van der Waals surface area contributed by atoms with Gasteiger partial charge in [-0.25, -0.2) is 9.59 Å². The number of carbonyl (C=O) groups is 3. The van der Waals surface area contributed by atoms with E-state index < -0.39 is 17.8 Å². The molecule has 2 N–H and O–H groups in total. The summed E-state index contributed by atoms with van der Waals surface area (Å²) in [5.41, 5.74) is 1.43.